The monoisotopic (exact) mass is 454 g/mol. The summed E-state index contributed by atoms with van der Waals surface area (Å²) in [5.74, 6) is -1.04. The van der Waals surface area contributed by atoms with Crippen LogP contribution in [0.25, 0.3) is 0 Å². The second-order valence-electron chi connectivity index (χ2n) is 7.28. The molecule has 1 amide bonds. The van der Waals surface area contributed by atoms with Crippen LogP contribution in [0, 0.1) is 5.82 Å². The van der Waals surface area contributed by atoms with Crippen LogP contribution < -0.4 is 10.6 Å². The zero-order valence-electron chi connectivity index (χ0n) is 15.9. The van der Waals surface area contributed by atoms with Crippen LogP contribution in [0.2, 0.25) is 0 Å². The normalized spacial score (nSPS) is 19.0. The van der Waals surface area contributed by atoms with Crippen molar-refractivity contribution in [2.45, 2.75) is 32.1 Å². The average Bonchev–Trinajstić information content (AvgIpc) is 2.69. The van der Waals surface area contributed by atoms with E-state index in [1.165, 1.54) is 24.3 Å². The van der Waals surface area contributed by atoms with Gasteiger partial charge in [-0.25, -0.2) is 4.39 Å². The lowest BCUT2D eigenvalue weighted by atomic mass is 9.75. The minimum Gasteiger partial charge on any atom is -0.362 e. The number of rotatable bonds is 3. The molecule has 6 heteroatoms. The van der Waals surface area contributed by atoms with Crippen LogP contribution >= 0.6 is 15.9 Å². The van der Waals surface area contributed by atoms with Crippen LogP contribution in [-0.4, -0.2) is 11.7 Å². The third-order valence-electron chi connectivity index (χ3n) is 5.33. The van der Waals surface area contributed by atoms with E-state index in [1.54, 1.807) is 0 Å². The SMILES string of the molecule is CC1=C(C(=O)Nc2ccc(F)cc2)C(c2ccc(Br)cc2)C2=C(CCCC2=O)N1. The smallest absolute Gasteiger partial charge is 0.254 e. The molecule has 0 bridgehead atoms. The van der Waals surface area contributed by atoms with Crippen molar-refractivity contribution in [3.8, 4) is 0 Å². The molecule has 0 aromatic heterocycles. The van der Waals surface area contributed by atoms with Crippen molar-refractivity contribution in [3.63, 3.8) is 0 Å². The molecule has 4 rings (SSSR count). The number of anilines is 1. The van der Waals surface area contributed by atoms with Gasteiger partial charge in [0.05, 0.1) is 0 Å². The number of hydrogen-bond acceptors (Lipinski definition) is 3. The lowest BCUT2D eigenvalue weighted by molar-refractivity contribution is -0.116. The predicted molar refractivity (Wildman–Crippen MR) is 114 cm³/mol. The van der Waals surface area contributed by atoms with Gasteiger partial charge in [-0.15, -0.1) is 0 Å². The summed E-state index contributed by atoms with van der Waals surface area (Å²) in [7, 11) is 0. The molecule has 4 nitrogen and oxygen atoms in total. The van der Waals surface area contributed by atoms with E-state index >= 15 is 0 Å². The number of hydrogen-bond donors (Lipinski definition) is 2. The van der Waals surface area contributed by atoms with E-state index in [4.69, 9.17) is 0 Å². The van der Waals surface area contributed by atoms with E-state index in [0.29, 0.717) is 23.3 Å². The van der Waals surface area contributed by atoms with Crippen molar-refractivity contribution in [3.05, 3.63) is 86.9 Å². The minimum atomic E-state index is -0.437. The van der Waals surface area contributed by atoms with Gasteiger partial charge in [-0.05, 0) is 61.7 Å². The fourth-order valence-corrected chi connectivity index (χ4v) is 4.27. The Bertz CT molecular complexity index is 1040. The van der Waals surface area contributed by atoms with Crippen molar-refractivity contribution in [2.24, 2.45) is 0 Å². The van der Waals surface area contributed by atoms with Gasteiger partial charge >= 0.3 is 0 Å². The van der Waals surface area contributed by atoms with E-state index < -0.39 is 5.92 Å². The molecule has 2 aromatic rings. The predicted octanol–water partition coefficient (Wildman–Crippen LogP) is 5.19. The van der Waals surface area contributed by atoms with Gasteiger partial charge in [-0.3, -0.25) is 9.59 Å². The molecule has 2 N–H and O–H groups in total. The number of benzene rings is 2. The zero-order chi connectivity index (χ0) is 20.5. The van der Waals surface area contributed by atoms with Crippen molar-refractivity contribution in [2.75, 3.05) is 5.32 Å². The van der Waals surface area contributed by atoms with Crippen molar-refractivity contribution >= 4 is 33.3 Å². The molecule has 2 aromatic carbocycles. The van der Waals surface area contributed by atoms with Crippen molar-refractivity contribution in [1.29, 1.82) is 0 Å². The summed E-state index contributed by atoms with van der Waals surface area (Å²) in [6, 6.07) is 13.3. The first-order valence-electron chi connectivity index (χ1n) is 9.50. The van der Waals surface area contributed by atoms with Crippen molar-refractivity contribution < 1.29 is 14.0 Å². The number of dihydropyridines is 1. The Morgan fingerprint density at radius 1 is 1.10 bits per heavy atom. The van der Waals surface area contributed by atoms with Gasteiger partial charge in [0, 0.05) is 45.0 Å². The molecule has 1 heterocycles. The highest BCUT2D eigenvalue weighted by molar-refractivity contribution is 9.10. The van der Waals surface area contributed by atoms with Gasteiger partial charge in [0.15, 0.2) is 5.78 Å². The highest BCUT2D eigenvalue weighted by Crippen LogP contribution is 2.42. The quantitative estimate of drug-likeness (QED) is 0.670. The lowest BCUT2D eigenvalue weighted by Gasteiger charge is -2.34. The van der Waals surface area contributed by atoms with E-state index in [9.17, 15) is 14.0 Å². The Kier molecular flexibility index (Phi) is 5.37. The molecular weight excluding hydrogens is 435 g/mol. The summed E-state index contributed by atoms with van der Waals surface area (Å²) in [5.41, 5.74) is 4.21. The summed E-state index contributed by atoms with van der Waals surface area (Å²) < 4.78 is 14.1. The molecule has 1 unspecified atom stereocenters. The largest absolute Gasteiger partial charge is 0.362 e. The van der Waals surface area contributed by atoms with Gasteiger partial charge in [0.1, 0.15) is 5.82 Å². The van der Waals surface area contributed by atoms with E-state index in [0.717, 1.165) is 34.3 Å². The number of carbonyl (C=O) groups is 2. The van der Waals surface area contributed by atoms with Gasteiger partial charge < -0.3 is 10.6 Å². The second-order valence-corrected chi connectivity index (χ2v) is 8.19. The molecule has 0 saturated heterocycles. The summed E-state index contributed by atoms with van der Waals surface area (Å²) in [6.07, 6.45) is 2.08. The summed E-state index contributed by atoms with van der Waals surface area (Å²) >= 11 is 3.44. The number of amides is 1. The van der Waals surface area contributed by atoms with Gasteiger partial charge in [-0.1, -0.05) is 28.1 Å². The maximum atomic E-state index is 13.2. The van der Waals surface area contributed by atoms with Crippen LogP contribution in [0.5, 0.6) is 0 Å². The number of Topliss-reactive ketones (excluding diaryl/α,β-unsaturated/α-hetero) is 1. The third-order valence-corrected chi connectivity index (χ3v) is 5.85. The van der Waals surface area contributed by atoms with Crippen LogP contribution in [0.1, 0.15) is 37.7 Å². The maximum Gasteiger partial charge on any atom is 0.254 e. The number of carbonyl (C=O) groups excluding carboxylic acids is 2. The highest BCUT2D eigenvalue weighted by Gasteiger charge is 2.38. The molecule has 0 radical (unpaired) electrons. The highest BCUT2D eigenvalue weighted by atomic mass is 79.9. The summed E-state index contributed by atoms with van der Waals surface area (Å²) in [5, 5.41) is 6.14. The van der Waals surface area contributed by atoms with E-state index in [1.807, 2.05) is 31.2 Å². The van der Waals surface area contributed by atoms with Crippen LogP contribution in [0.3, 0.4) is 0 Å². The average molecular weight is 455 g/mol. The first-order valence-corrected chi connectivity index (χ1v) is 10.3. The molecule has 0 saturated carbocycles. The molecule has 148 valence electrons. The second kappa shape index (κ2) is 7.95. The number of ketones is 1. The molecular formula is C23H20BrFN2O2. The molecule has 1 aliphatic heterocycles. The van der Waals surface area contributed by atoms with E-state index in [2.05, 4.69) is 26.6 Å². The Morgan fingerprint density at radius 2 is 1.79 bits per heavy atom. The zero-order valence-corrected chi connectivity index (χ0v) is 17.5. The standard InChI is InChI=1S/C23H20BrFN2O2/c1-13-20(23(29)27-17-11-9-16(25)10-12-17)21(14-5-7-15(24)8-6-14)22-18(26-13)3-2-4-19(22)28/h5-12,21,26H,2-4H2,1H3,(H,27,29). The molecule has 2 aliphatic rings. The summed E-state index contributed by atoms with van der Waals surface area (Å²) in [6.45, 7) is 1.86. The number of allylic oxidation sites excluding steroid dienone is 3. The third kappa shape index (κ3) is 3.90. The van der Waals surface area contributed by atoms with Crippen LogP contribution in [0.4, 0.5) is 10.1 Å². The molecule has 1 aliphatic carbocycles. The van der Waals surface area contributed by atoms with Gasteiger partial charge in [-0.2, -0.15) is 0 Å². The first kappa shape index (κ1) is 19.6. The molecule has 0 spiro atoms. The lowest BCUT2D eigenvalue weighted by Crippen LogP contribution is -2.35. The van der Waals surface area contributed by atoms with Crippen LogP contribution in [0.15, 0.2) is 75.5 Å². The molecule has 29 heavy (non-hydrogen) atoms. The molecule has 0 fully saturated rings. The fourth-order valence-electron chi connectivity index (χ4n) is 4.00. The van der Waals surface area contributed by atoms with Crippen molar-refractivity contribution in [1.82, 2.24) is 5.32 Å². The Morgan fingerprint density at radius 3 is 2.48 bits per heavy atom. The number of nitrogens with one attached hydrogen (secondary N) is 2. The van der Waals surface area contributed by atoms with Gasteiger partial charge in [0.2, 0.25) is 0 Å². The minimum absolute atomic E-state index is 0.0752. The molecule has 1 atom stereocenters. The topological polar surface area (TPSA) is 58.2 Å². The Labute approximate surface area is 177 Å². The first-order chi connectivity index (χ1) is 13.9. The number of halogens is 2. The fraction of sp³-hybridized carbons (Fsp3) is 0.217. The van der Waals surface area contributed by atoms with Gasteiger partial charge in [0.25, 0.3) is 5.91 Å². The Hall–Kier alpha value is -2.73. The summed E-state index contributed by atoms with van der Waals surface area (Å²) in [4.78, 5) is 26.1. The Balaban J connectivity index is 1.77. The maximum absolute atomic E-state index is 13.2. The van der Waals surface area contributed by atoms with Crippen LogP contribution in [-0.2, 0) is 9.59 Å². The van der Waals surface area contributed by atoms with E-state index in [-0.39, 0.29) is 17.5 Å².